The Morgan fingerprint density at radius 2 is 1.89 bits per heavy atom. The Morgan fingerprint density at radius 1 is 1.00 bits per heavy atom. The smallest absolute Gasteiger partial charge is 0.135 e. The van der Waals surface area contributed by atoms with Crippen molar-refractivity contribution < 1.29 is 0 Å². The fourth-order valence-electron chi connectivity index (χ4n) is 4.39. The summed E-state index contributed by atoms with van der Waals surface area (Å²) in [5.74, 6) is 2.14. The summed E-state index contributed by atoms with van der Waals surface area (Å²) in [5, 5.41) is 4.48. The summed E-state index contributed by atoms with van der Waals surface area (Å²) in [4.78, 5) is 14.7. The molecular weight excluding hydrogens is 336 g/mol. The van der Waals surface area contributed by atoms with Gasteiger partial charge in [-0.3, -0.25) is 9.58 Å². The predicted octanol–water partition coefficient (Wildman–Crippen LogP) is 2.98. The predicted molar refractivity (Wildman–Crippen MR) is 108 cm³/mol. The largest absolute Gasteiger partial charge is 0.355 e. The lowest BCUT2D eigenvalue weighted by molar-refractivity contribution is 0.285. The van der Waals surface area contributed by atoms with Gasteiger partial charge in [0.15, 0.2) is 0 Å². The van der Waals surface area contributed by atoms with Crippen LogP contribution in [0.4, 0.5) is 5.82 Å². The van der Waals surface area contributed by atoms with Gasteiger partial charge < -0.3 is 4.90 Å². The fourth-order valence-corrected chi connectivity index (χ4v) is 4.39. The van der Waals surface area contributed by atoms with E-state index in [1.165, 1.54) is 41.9 Å². The highest BCUT2D eigenvalue weighted by atomic mass is 15.3. The third kappa shape index (κ3) is 4.32. The molecule has 6 nitrogen and oxygen atoms in total. The van der Waals surface area contributed by atoms with E-state index >= 15 is 0 Å². The van der Waals surface area contributed by atoms with Crippen molar-refractivity contribution >= 4 is 5.82 Å². The summed E-state index contributed by atoms with van der Waals surface area (Å²) >= 11 is 0. The monoisotopic (exact) mass is 368 g/mol. The Bertz CT molecular complexity index is 768. The number of nitrogens with zero attached hydrogens (tertiary/aromatic N) is 6. The second-order valence-electron chi connectivity index (χ2n) is 7.96. The molecule has 0 amide bonds. The maximum atomic E-state index is 4.87. The molecule has 0 spiro atoms. The molecule has 0 atom stereocenters. The van der Waals surface area contributed by atoms with E-state index in [1.54, 1.807) is 0 Å². The van der Waals surface area contributed by atoms with Crippen LogP contribution in [0.15, 0.2) is 12.4 Å². The van der Waals surface area contributed by atoms with Gasteiger partial charge in [-0.25, -0.2) is 9.97 Å². The average Bonchev–Trinajstić information content (AvgIpc) is 2.97. The van der Waals surface area contributed by atoms with Crippen molar-refractivity contribution in [1.29, 1.82) is 0 Å². The van der Waals surface area contributed by atoms with Crippen LogP contribution in [-0.2, 0) is 25.9 Å². The minimum absolute atomic E-state index is 0.926. The lowest BCUT2D eigenvalue weighted by atomic mass is 9.96. The van der Waals surface area contributed by atoms with Crippen molar-refractivity contribution in [2.45, 2.75) is 65.5 Å². The number of fused-ring (bicyclic) bond motifs is 1. The van der Waals surface area contributed by atoms with Crippen LogP contribution in [0.5, 0.6) is 0 Å². The highest BCUT2D eigenvalue weighted by molar-refractivity contribution is 5.50. The third-order valence-corrected chi connectivity index (χ3v) is 5.71. The molecule has 1 saturated heterocycles. The lowest BCUT2D eigenvalue weighted by Gasteiger charge is -2.27. The number of hydrogen-bond donors (Lipinski definition) is 0. The van der Waals surface area contributed by atoms with E-state index in [1.807, 2.05) is 13.1 Å². The van der Waals surface area contributed by atoms with Gasteiger partial charge in [0, 0.05) is 62.3 Å². The molecule has 0 radical (unpaired) electrons. The number of hydrogen-bond acceptors (Lipinski definition) is 5. The molecule has 0 N–H and O–H groups in total. The quantitative estimate of drug-likeness (QED) is 0.812. The Hall–Kier alpha value is -1.95. The molecule has 3 heterocycles. The standard InChI is InChI=1S/C21H32N6/c1-3-9-27-16-18(14-22-27)15-25-10-6-11-26(13-12-25)21-19-7-4-5-8-20(19)23-17(2)24-21/h14,16H,3-13,15H2,1-2H3. The molecule has 146 valence electrons. The summed E-state index contributed by atoms with van der Waals surface area (Å²) in [6.45, 7) is 10.6. The highest BCUT2D eigenvalue weighted by Crippen LogP contribution is 2.28. The van der Waals surface area contributed by atoms with Crippen molar-refractivity contribution in [2.24, 2.45) is 0 Å². The Balaban J connectivity index is 1.43. The van der Waals surface area contributed by atoms with Crippen molar-refractivity contribution in [3.8, 4) is 0 Å². The molecular formula is C21H32N6. The molecule has 2 aliphatic rings. The molecule has 4 rings (SSSR count). The molecule has 0 saturated carbocycles. The Labute approximate surface area is 162 Å². The van der Waals surface area contributed by atoms with Crippen LogP contribution in [-0.4, -0.2) is 50.8 Å². The second-order valence-corrected chi connectivity index (χ2v) is 7.96. The number of anilines is 1. The van der Waals surface area contributed by atoms with Gasteiger partial charge >= 0.3 is 0 Å². The van der Waals surface area contributed by atoms with Crippen LogP contribution < -0.4 is 4.90 Å². The first kappa shape index (κ1) is 18.4. The molecule has 1 aliphatic heterocycles. The lowest BCUT2D eigenvalue weighted by Crippen LogP contribution is -2.32. The van der Waals surface area contributed by atoms with Gasteiger partial charge in [0.2, 0.25) is 0 Å². The van der Waals surface area contributed by atoms with Crippen LogP contribution in [0.1, 0.15) is 55.3 Å². The van der Waals surface area contributed by atoms with Crippen LogP contribution in [0.3, 0.4) is 0 Å². The van der Waals surface area contributed by atoms with Crippen molar-refractivity contribution in [3.05, 3.63) is 35.0 Å². The Morgan fingerprint density at radius 3 is 2.78 bits per heavy atom. The van der Waals surface area contributed by atoms with Crippen LogP contribution in [0.25, 0.3) is 0 Å². The number of aromatic nitrogens is 4. The van der Waals surface area contributed by atoms with Crippen molar-refractivity contribution in [2.75, 3.05) is 31.1 Å². The number of rotatable bonds is 5. The second kappa shape index (κ2) is 8.38. The van der Waals surface area contributed by atoms with E-state index in [0.29, 0.717) is 0 Å². The molecule has 0 unspecified atom stereocenters. The zero-order valence-electron chi connectivity index (χ0n) is 16.8. The summed E-state index contributed by atoms with van der Waals surface area (Å²) < 4.78 is 2.06. The zero-order chi connectivity index (χ0) is 18.6. The fraction of sp³-hybridized carbons (Fsp3) is 0.667. The first-order chi connectivity index (χ1) is 13.2. The first-order valence-electron chi connectivity index (χ1n) is 10.6. The van der Waals surface area contributed by atoms with Crippen LogP contribution in [0.2, 0.25) is 0 Å². The Kier molecular flexibility index (Phi) is 5.72. The maximum absolute atomic E-state index is 4.87. The summed E-state index contributed by atoms with van der Waals surface area (Å²) in [7, 11) is 0. The molecule has 1 aliphatic carbocycles. The highest BCUT2D eigenvalue weighted by Gasteiger charge is 2.23. The minimum atomic E-state index is 0.926. The van der Waals surface area contributed by atoms with E-state index in [-0.39, 0.29) is 0 Å². The molecule has 0 bridgehead atoms. The van der Waals surface area contributed by atoms with Gasteiger partial charge in [0.25, 0.3) is 0 Å². The molecule has 1 fully saturated rings. The summed E-state index contributed by atoms with van der Waals surface area (Å²) in [6, 6.07) is 0. The van der Waals surface area contributed by atoms with E-state index in [0.717, 1.165) is 64.4 Å². The number of aryl methyl sites for hydroxylation is 3. The SMILES string of the molecule is CCCn1cc(CN2CCCN(c3nc(C)nc4c3CCCC4)CC2)cn1. The molecule has 27 heavy (non-hydrogen) atoms. The minimum Gasteiger partial charge on any atom is -0.355 e. The van der Waals surface area contributed by atoms with E-state index in [2.05, 4.69) is 32.7 Å². The van der Waals surface area contributed by atoms with Crippen molar-refractivity contribution in [1.82, 2.24) is 24.6 Å². The topological polar surface area (TPSA) is 50.1 Å². The molecule has 2 aromatic rings. The molecule has 6 heteroatoms. The summed E-state index contributed by atoms with van der Waals surface area (Å²) in [5.41, 5.74) is 4.04. The third-order valence-electron chi connectivity index (χ3n) is 5.71. The van der Waals surface area contributed by atoms with Crippen LogP contribution in [0, 0.1) is 6.92 Å². The normalized spacial score (nSPS) is 18.4. The van der Waals surface area contributed by atoms with Gasteiger partial charge in [-0.05, 0) is 45.4 Å². The summed E-state index contributed by atoms with van der Waals surface area (Å²) in [6.07, 6.45) is 11.3. The van der Waals surface area contributed by atoms with Gasteiger partial charge in [0.1, 0.15) is 11.6 Å². The van der Waals surface area contributed by atoms with E-state index in [4.69, 9.17) is 9.97 Å². The first-order valence-corrected chi connectivity index (χ1v) is 10.6. The van der Waals surface area contributed by atoms with Gasteiger partial charge in [-0.2, -0.15) is 5.10 Å². The zero-order valence-corrected chi connectivity index (χ0v) is 16.8. The van der Waals surface area contributed by atoms with Crippen LogP contribution >= 0.6 is 0 Å². The van der Waals surface area contributed by atoms with Gasteiger partial charge in [-0.15, -0.1) is 0 Å². The molecule has 2 aromatic heterocycles. The van der Waals surface area contributed by atoms with E-state index < -0.39 is 0 Å². The van der Waals surface area contributed by atoms with Gasteiger partial charge in [-0.1, -0.05) is 6.92 Å². The average molecular weight is 369 g/mol. The van der Waals surface area contributed by atoms with Gasteiger partial charge in [0.05, 0.1) is 6.20 Å². The maximum Gasteiger partial charge on any atom is 0.135 e. The molecule has 0 aromatic carbocycles. The van der Waals surface area contributed by atoms with E-state index in [9.17, 15) is 0 Å². The van der Waals surface area contributed by atoms with Crippen molar-refractivity contribution in [3.63, 3.8) is 0 Å².